The van der Waals surface area contributed by atoms with Crippen molar-refractivity contribution in [3.8, 4) is 6.07 Å². The first-order valence-corrected chi connectivity index (χ1v) is 6.12. The Labute approximate surface area is 110 Å². The average molecular weight is 268 g/mol. The van der Waals surface area contributed by atoms with E-state index in [4.69, 9.17) is 23.2 Å². The third kappa shape index (κ3) is 1.66. The number of hydrogen-bond acceptors (Lipinski definition) is 2. The number of nitrogens with zero attached hydrogens (tertiary/aromatic N) is 1. The van der Waals surface area contributed by atoms with Crippen molar-refractivity contribution in [2.45, 2.75) is 25.7 Å². The van der Waals surface area contributed by atoms with Crippen LogP contribution in [0.3, 0.4) is 0 Å². The van der Waals surface area contributed by atoms with Crippen LogP contribution in [0.1, 0.15) is 36.2 Å². The molecule has 0 aromatic heterocycles. The predicted octanol–water partition coefficient (Wildman–Crippen LogP) is 4.00. The van der Waals surface area contributed by atoms with Crippen LogP contribution in [-0.2, 0) is 5.41 Å². The highest BCUT2D eigenvalue weighted by atomic mass is 35.5. The van der Waals surface area contributed by atoms with E-state index in [0.717, 1.165) is 5.56 Å². The van der Waals surface area contributed by atoms with Gasteiger partial charge in [-0.1, -0.05) is 37.0 Å². The van der Waals surface area contributed by atoms with E-state index in [1.54, 1.807) is 12.1 Å². The summed E-state index contributed by atoms with van der Waals surface area (Å²) in [6.45, 7) is 3.88. The van der Waals surface area contributed by atoms with Crippen LogP contribution in [-0.4, -0.2) is 5.78 Å². The summed E-state index contributed by atoms with van der Waals surface area (Å²) < 4.78 is 0. The topological polar surface area (TPSA) is 40.9 Å². The van der Waals surface area contributed by atoms with E-state index in [1.807, 2.05) is 13.8 Å². The number of halogens is 2. The molecule has 1 atom stereocenters. The molecule has 0 spiro atoms. The second-order valence-corrected chi connectivity index (χ2v) is 5.46. The van der Waals surface area contributed by atoms with Crippen LogP contribution in [0.4, 0.5) is 0 Å². The fourth-order valence-electron chi connectivity index (χ4n) is 2.33. The Morgan fingerprint density at radius 2 is 1.94 bits per heavy atom. The lowest BCUT2D eigenvalue weighted by molar-refractivity contribution is 0.0974. The molecule has 0 aliphatic heterocycles. The first-order chi connectivity index (χ1) is 7.92. The molecular formula is C13H11Cl2NO. The van der Waals surface area contributed by atoms with Crippen LogP contribution < -0.4 is 0 Å². The summed E-state index contributed by atoms with van der Waals surface area (Å²) in [5.74, 6) is 0.0174. The smallest absolute Gasteiger partial charge is 0.165 e. The summed E-state index contributed by atoms with van der Waals surface area (Å²) >= 11 is 11.9. The number of ketones is 1. The number of benzene rings is 1. The zero-order valence-electron chi connectivity index (χ0n) is 9.55. The Morgan fingerprint density at radius 3 is 2.47 bits per heavy atom. The largest absolute Gasteiger partial charge is 0.294 e. The molecule has 1 aliphatic carbocycles. The van der Waals surface area contributed by atoms with Gasteiger partial charge in [-0.15, -0.1) is 0 Å². The van der Waals surface area contributed by atoms with Crippen molar-refractivity contribution >= 4 is 29.0 Å². The minimum Gasteiger partial charge on any atom is -0.294 e. The molecule has 0 saturated carbocycles. The first-order valence-electron chi connectivity index (χ1n) is 5.36. The van der Waals surface area contributed by atoms with Gasteiger partial charge in [-0.25, -0.2) is 0 Å². The summed E-state index contributed by atoms with van der Waals surface area (Å²) in [6.07, 6.45) is 0.215. The molecule has 1 aromatic carbocycles. The third-order valence-electron chi connectivity index (χ3n) is 3.47. The van der Waals surface area contributed by atoms with Crippen molar-refractivity contribution in [1.82, 2.24) is 0 Å². The lowest BCUT2D eigenvalue weighted by Crippen LogP contribution is -2.28. The van der Waals surface area contributed by atoms with Crippen LogP contribution in [0.5, 0.6) is 0 Å². The third-order valence-corrected chi connectivity index (χ3v) is 4.19. The van der Waals surface area contributed by atoms with Gasteiger partial charge in [0.05, 0.1) is 21.5 Å². The van der Waals surface area contributed by atoms with Gasteiger partial charge < -0.3 is 0 Å². The fourth-order valence-corrected chi connectivity index (χ4v) is 2.66. The van der Waals surface area contributed by atoms with Crippen molar-refractivity contribution in [3.05, 3.63) is 33.3 Å². The number of nitriles is 1. The van der Waals surface area contributed by atoms with Gasteiger partial charge in [0, 0.05) is 12.0 Å². The number of carbonyl (C=O) groups is 1. The van der Waals surface area contributed by atoms with E-state index in [2.05, 4.69) is 6.07 Å². The van der Waals surface area contributed by atoms with Gasteiger partial charge in [-0.3, -0.25) is 4.79 Å². The minimum absolute atomic E-state index is 0.0335. The van der Waals surface area contributed by atoms with Crippen LogP contribution in [0.25, 0.3) is 0 Å². The molecule has 0 N–H and O–H groups in total. The van der Waals surface area contributed by atoms with Crippen molar-refractivity contribution < 1.29 is 4.79 Å². The summed E-state index contributed by atoms with van der Waals surface area (Å²) in [5.41, 5.74) is 0.491. The maximum absolute atomic E-state index is 12.0. The molecule has 0 saturated heterocycles. The van der Waals surface area contributed by atoms with Crippen molar-refractivity contribution in [3.63, 3.8) is 0 Å². The van der Waals surface area contributed by atoms with Gasteiger partial charge >= 0.3 is 0 Å². The first kappa shape index (κ1) is 12.4. The lowest BCUT2D eigenvalue weighted by atomic mass is 9.74. The van der Waals surface area contributed by atoms with Crippen LogP contribution >= 0.6 is 23.2 Å². The van der Waals surface area contributed by atoms with Crippen molar-refractivity contribution in [2.75, 3.05) is 0 Å². The SMILES string of the molecule is CC(C)C1(C#N)CC(=O)c2cc(Cl)c(Cl)cc21. The number of hydrogen-bond donors (Lipinski definition) is 0. The molecule has 1 aromatic rings. The van der Waals surface area contributed by atoms with E-state index in [0.29, 0.717) is 15.6 Å². The number of rotatable bonds is 1. The molecule has 0 radical (unpaired) electrons. The standard InChI is InChI=1S/C13H11Cl2NO/c1-7(2)13(6-16)5-12(17)8-3-10(14)11(15)4-9(8)13/h3-4,7H,5H2,1-2H3. The van der Waals surface area contributed by atoms with Crippen LogP contribution in [0.2, 0.25) is 10.0 Å². The Balaban J connectivity index is 2.74. The molecule has 1 unspecified atom stereocenters. The molecule has 2 nitrogen and oxygen atoms in total. The summed E-state index contributed by atoms with van der Waals surface area (Å²) in [6, 6.07) is 5.52. The van der Waals surface area contributed by atoms with Gasteiger partial charge in [0.1, 0.15) is 0 Å². The van der Waals surface area contributed by atoms with Gasteiger partial charge in [0.25, 0.3) is 0 Å². The number of fused-ring (bicyclic) bond motifs is 1. The number of carbonyl (C=O) groups excluding carboxylic acids is 1. The van der Waals surface area contributed by atoms with Gasteiger partial charge in [-0.2, -0.15) is 5.26 Å². The fraction of sp³-hybridized carbons (Fsp3) is 0.385. The average Bonchev–Trinajstić information content (AvgIpc) is 2.54. The molecule has 4 heteroatoms. The molecule has 0 heterocycles. The molecule has 0 fully saturated rings. The molecule has 2 rings (SSSR count). The van der Waals surface area contributed by atoms with Crippen molar-refractivity contribution in [1.29, 1.82) is 5.26 Å². The molecule has 0 amide bonds. The maximum Gasteiger partial charge on any atom is 0.165 e. The second kappa shape index (κ2) is 4.01. The monoisotopic (exact) mass is 267 g/mol. The predicted molar refractivity (Wildman–Crippen MR) is 67.5 cm³/mol. The number of Topliss-reactive ketones (excluding diaryl/α,β-unsaturated/α-hetero) is 1. The van der Waals surface area contributed by atoms with Crippen LogP contribution in [0.15, 0.2) is 12.1 Å². The van der Waals surface area contributed by atoms with Gasteiger partial charge in [0.15, 0.2) is 5.78 Å². The quantitative estimate of drug-likeness (QED) is 0.772. The zero-order valence-corrected chi connectivity index (χ0v) is 11.1. The summed E-state index contributed by atoms with van der Waals surface area (Å²) in [7, 11) is 0. The van der Waals surface area contributed by atoms with Crippen LogP contribution in [0, 0.1) is 17.2 Å². The van der Waals surface area contributed by atoms with Gasteiger partial charge in [0.2, 0.25) is 0 Å². The highest BCUT2D eigenvalue weighted by Crippen LogP contribution is 2.46. The van der Waals surface area contributed by atoms with E-state index in [1.165, 1.54) is 0 Å². The summed E-state index contributed by atoms with van der Waals surface area (Å²) in [5, 5.41) is 10.2. The second-order valence-electron chi connectivity index (χ2n) is 4.65. The Morgan fingerprint density at radius 1 is 1.35 bits per heavy atom. The van der Waals surface area contributed by atoms with Gasteiger partial charge in [-0.05, 0) is 23.6 Å². The van der Waals surface area contributed by atoms with E-state index in [9.17, 15) is 10.1 Å². The van der Waals surface area contributed by atoms with E-state index in [-0.39, 0.29) is 18.1 Å². The minimum atomic E-state index is -0.763. The normalized spacial score (nSPS) is 22.7. The highest BCUT2D eigenvalue weighted by Gasteiger charge is 2.46. The van der Waals surface area contributed by atoms with E-state index >= 15 is 0 Å². The maximum atomic E-state index is 12.0. The molecule has 0 bridgehead atoms. The highest BCUT2D eigenvalue weighted by molar-refractivity contribution is 6.42. The Kier molecular flexibility index (Phi) is 2.93. The van der Waals surface area contributed by atoms with E-state index < -0.39 is 5.41 Å². The molecule has 17 heavy (non-hydrogen) atoms. The molecular weight excluding hydrogens is 257 g/mol. The Bertz CT molecular complexity index is 545. The zero-order chi connectivity index (χ0) is 12.8. The van der Waals surface area contributed by atoms with Crippen molar-refractivity contribution in [2.24, 2.45) is 5.92 Å². The Hall–Kier alpha value is -1.04. The molecule has 88 valence electrons. The lowest BCUT2D eigenvalue weighted by Gasteiger charge is -2.25. The summed E-state index contributed by atoms with van der Waals surface area (Å²) in [4.78, 5) is 12.0. The molecule has 1 aliphatic rings.